The quantitative estimate of drug-likeness (QED) is 0.834. The fraction of sp³-hybridized carbons (Fsp3) is 0.562. The van der Waals surface area contributed by atoms with E-state index in [0.717, 1.165) is 35.8 Å². The lowest BCUT2D eigenvalue weighted by molar-refractivity contribution is 0.0694. The van der Waals surface area contributed by atoms with Crippen LogP contribution in [0.1, 0.15) is 37.6 Å². The number of benzene rings is 1. The molecule has 0 saturated carbocycles. The zero-order valence-electron chi connectivity index (χ0n) is 12.4. The fourth-order valence-corrected chi connectivity index (χ4v) is 3.65. The van der Waals surface area contributed by atoms with E-state index in [4.69, 9.17) is 0 Å². The number of rotatable bonds is 5. The Morgan fingerprint density at radius 2 is 2.25 bits per heavy atom. The van der Waals surface area contributed by atoms with Gasteiger partial charge in [-0.05, 0) is 36.1 Å². The topological polar surface area (TPSA) is 40.5 Å². The number of carboxylic acid groups (broad SMARTS) is 1. The third kappa shape index (κ3) is 3.11. The van der Waals surface area contributed by atoms with Gasteiger partial charge in [-0.1, -0.05) is 26.8 Å². The van der Waals surface area contributed by atoms with Crippen molar-refractivity contribution in [2.45, 2.75) is 32.1 Å². The Hall–Kier alpha value is -1.16. The Labute approximate surface area is 125 Å². The monoisotopic (exact) mass is 293 g/mol. The third-order valence-electron chi connectivity index (χ3n) is 4.03. The van der Waals surface area contributed by atoms with Gasteiger partial charge in [-0.25, -0.2) is 4.79 Å². The molecule has 1 fully saturated rings. The van der Waals surface area contributed by atoms with Gasteiger partial charge in [0, 0.05) is 18.0 Å². The molecule has 0 spiro atoms. The summed E-state index contributed by atoms with van der Waals surface area (Å²) in [6.07, 6.45) is 1.15. The number of thioether (sulfide) groups is 1. The van der Waals surface area contributed by atoms with Crippen LogP contribution in [0.25, 0.3) is 0 Å². The van der Waals surface area contributed by atoms with E-state index in [2.05, 4.69) is 18.7 Å². The molecule has 1 aliphatic rings. The maximum absolute atomic E-state index is 11.6. The molecule has 0 aromatic heterocycles. The van der Waals surface area contributed by atoms with Crippen molar-refractivity contribution in [3.63, 3.8) is 0 Å². The smallest absolute Gasteiger partial charge is 0.338 e. The van der Waals surface area contributed by atoms with Gasteiger partial charge in [0.25, 0.3) is 0 Å². The van der Waals surface area contributed by atoms with Crippen molar-refractivity contribution in [2.24, 2.45) is 11.8 Å². The summed E-state index contributed by atoms with van der Waals surface area (Å²) in [5.74, 6) is 1.39. The van der Waals surface area contributed by atoms with E-state index in [1.165, 1.54) is 0 Å². The second kappa shape index (κ2) is 6.53. The highest BCUT2D eigenvalue weighted by Gasteiger charge is 2.28. The van der Waals surface area contributed by atoms with Gasteiger partial charge in [-0.2, -0.15) is 0 Å². The van der Waals surface area contributed by atoms with Crippen molar-refractivity contribution in [2.75, 3.05) is 23.7 Å². The molecule has 1 atom stereocenters. The van der Waals surface area contributed by atoms with Crippen molar-refractivity contribution in [1.82, 2.24) is 0 Å². The molecule has 0 bridgehead atoms. The molecule has 0 aliphatic carbocycles. The highest BCUT2D eigenvalue weighted by molar-refractivity contribution is 7.99. The van der Waals surface area contributed by atoms with Crippen LogP contribution in [-0.4, -0.2) is 29.9 Å². The lowest BCUT2D eigenvalue weighted by atomic mass is 9.95. The van der Waals surface area contributed by atoms with E-state index in [0.29, 0.717) is 17.4 Å². The number of anilines is 1. The number of carboxylic acids is 1. The van der Waals surface area contributed by atoms with Crippen molar-refractivity contribution in [3.05, 3.63) is 23.8 Å². The summed E-state index contributed by atoms with van der Waals surface area (Å²) in [5.41, 5.74) is 1.36. The highest BCUT2D eigenvalue weighted by atomic mass is 32.2. The first-order valence-corrected chi connectivity index (χ1v) is 8.27. The maximum atomic E-state index is 11.6. The lowest BCUT2D eigenvalue weighted by Crippen LogP contribution is -2.23. The van der Waals surface area contributed by atoms with Crippen LogP contribution in [0.4, 0.5) is 5.69 Å². The normalized spacial score (nSPS) is 18.8. The first-order valence-electron chi connectivity index (χ1n) is 7.28. The van der Waals surface area contributed by atoms with Crippen LogP contribution >= 0.6 is 11.8 Å². The third-order valence-corrected chi connectivity index (χ3v) is 4.97. The minimum Gasteiger partial charge on any atom is -0.478 e. The summed E-state index contributed by atoms with van der Waals surface area (Å²) < 4.78 is 0. The Bertz CT molecular complexity index is 487. The fourth-order valence-electron chi connectivity index (χ4n) is 2.82. The number of carbonyl (C=O) groups is 1. The van der Waals surface area contributed by atoms with Gasteiger partial charge in [0.2, 0.25) is 0 Å². The second-order valence-corrected chi connectivity index (χ2v) is 6.93. The summed E-state index contributed by atoms with van der Waals surface area (Å²) in [7, 11) is 0. The van der Waals surface area contributed by atoms with Gasteiger partial charge in [0.15, 0.2) is 0 Å². The summed E-state index contributed by atoms with van der Waals surface area (Å²) in [6, 6.07) is 5.84. The molecule has 1 saturated heterocycles. The van der Waals surface area contributed by atoms with E-state index in [9.17, 15) is 9.90 Å². The standard InChI is InChI=1S/C16H23NO2S/c1-4-20-14-7-5-6-13(15(14)16(18)19)17-9-8-12(10-17)11(2)3/h5-7,11-12H,4,8-10H2,1-3H3,(H,18,19). The lowest BCUT2D eigenvalue weighted by Gasteiger charge is -2.23. The molecule has 110 valence electrons. The molecule has 4 heteroatoms. The zero-order chi connectivity index (χ0) is 14.7. The largest absolute Gasteiger partial charge is 0.478 e. The molecule has 1 aromatic rings. The van der Waals surface area contributed by atoms with E-state index >= 15 is 0 Å². The van der Waals surface area contributed by atoms with Crippen LogP contribution in [0.5, 0.6) is 0 Å². The summed E-state index contributed by atoms with van der Waals surface area (Å²) in [4.78, 5) is 14.8. The average molecular weight is 293 g/mol. The molecule has 2 rings (SSSR count). The summed E-state index contributed by atoms with van der Waals surface area (Å²) in [6.45, 7) is 8.47. The Balaban J connectivity index is 2.32. The van der Waals surface area contributed by atoms with Gasteiger partial charge in [0.05, 0.1) is 11.3 Å². The molecule has 0 amide bonds. The van der Waals surface area contributed by atoms with Crippen LogP contribution in [0.3, 0.4) is 0 Å². The summed E-state index contributed by atoms with van der Waals surface area (Å²) in [5, 5.41) is 9.57. The van der Waals surface area contributed by atoms with Crippen LogP contribution < -0.4 is 4.90 Å². The molecular formula is C16H23NO2S. The second-order valence-electron chi connectivity index (χ2n) is 5.63. The van der Waals surface area contributed by atoms with Crippen molar-refractivity contribution in [1.29, 1.82) is 0 Å². The molecular weight excluding hydrogens is 270 g/mol. The minimum absolute atomic E-state index is 0.476. The van der Waals surface area contributed by atoms with E-state index in [1.807, 2.05) is 25.1 Å². The van der Waals surface area contributed by atoms with Crippen molar-refractivity contribution >= 4 is 23.4 Å². The molecule has 1 N–H and O–H groups in total. The molecule has 3 nitrogen and oxygen atoms in total. The van der Waals surface area contributed by atoms with Crippen LogP contribution in [-0.2, 0) is 0 Å². The minimum atomic E-state index is -0.815. The van der Waals surface area contributed by atoms with Crippen molar-refractivity contribution < 1.29 is 9.90 Å². The Kier molecular flexibility index (Phi) is 4.97. The van der Waals surface area contributed by atoms with Crippen molar-refractivity contribution in [3.8, 4) is 0 Å². The van der Waals surface area contributed by atoms with Gasteiger partial charge < -0.3 is 10.0 Å². The van der Waals surface area contributed by atoms with Gasteiger partial charge in [0.1, 0.15) is 0 Å². The number of hydrogen-bond acceptors (Lipinski definition) is 3. The predicted octanol–water partition coefficient (Wildman–Crippen LogP) is 3.98. The van der Waals surface area contributed by atoms with Gasteiger partial charge in [-0.3, -0.25) is 0 Å². The number of aromatic carboxylic acids is 1. The maximum Gasteiger partial charge on any atom is 0.338 e. The highest BCUT2D eigenvalue weighted by Crippen LogP contribution is 2.35. The average Bonchev–Trinajstić information content (AvgIpc) is 2.88. The Morgan fingerprint density at radius 1 is 1.50 bits per heavy atom. The zero-order valence-corrected chi connectivity index (χ0v) is 13.2. The van der Waals surface area contributed by atoms with Gasteiger partial charge >= 0.3 is 5.97 Å². The first kappa shape index (κ1) is 15.2. The number of hydrogen-bond donors (Lipinski definition) is 1. The molecule has 1 aromatic carbocycles. The predicted molar refractivity (Wildman–Crippen MR) is 85.0 cm³/mol. The van der Waals surface area contributed by atoms with Crippen LogP contribution in [0.15, 0.2) is 23.1 Å². The van der Waals surface area contributed by atoms with Crippen LogP contribution in [0, 0.1) is 11.8 Å². The van der Waals surface area contributed by atoms with Crippen LogP contribution in [0.2, 0.25) is 0 Å². The van der Waals surface area contributed by atoms with E-state index in [1.54, 1.807) is 11.8 Å². The molecule has 1 heterocycles. The molecule has 0 radical (unpaired) electrons. The number of nitrogens with zero attached hydrogens (tertiary/aromatic N) is 1. The van der Waals surface area contributed by atoms with Gasteiger partial charge in [-0.15, -0.1) is 11.8 Å². The molecule has 1 unspecified atom stereocenters. The Morgan fingerprint density at radius 3 is 2.80 bits per heavy atom. The molecule has 20 heavy (non-hydrogen) atoms. The SMILES string of the molecule is CCSc1cccc(N2CCC(C(C)C)C2)c1C(=O)O. The molecule has 1 aliphatic heterocycles. The van der Waals surface area contributed by atoms with E-state index in [-0.39, 0.29) is 0 Å². The first-order chi connectivity index (χ1) is 9.54. The summed E-state index contributed by atoms with van der Waals surface area (Å²) >= 11 is 1.60. The van der Waals surface area contributed by atoms with E-state index < -0.39 is 5.97 Å².